The quantitative estimate of drug-likeness (QED) is 0.503. The van der Waals surface area contributed by atoms with Crippen LogP contribution in [0.4, 0.5) is 0 Å². The van der Waals surface area contributed by atoms with Gasteiger partial charge in [-0.3, -0.25) is 0 Å². The highest BCUT2D eigenvalue weighted by Crippen LogP contribution is 2.30. The highest BCUT2D eigenvalue weighted by molar-refractivity contribution is 6.74. The van der Waals surface area contributed by atoms with Crippen molar-refractivity contribution >= 4 is 16.6 Å². The molecule has 3 nitrogen and oxygen atoms in total. The maximum absolute atomic E-state index is 6.69. The van der Waals surface area contributed by atoms with E-state index in [-0.39, 0.29) is 12.2 Å². The van der Waals surface area contributed by atoms with Crippen molar-refractivity contribution in [3.8, 4) is 0 Å². The molecule has 0 radical (unpaired) electrons. The van der Waals surface area contributed by atoms with Gasteiger partial charge in [0.25, 0.3) is 0 Å². The predicted octanol–water partition coefficient (Wildman–Crippen LogP) is 5.31. The van der Waals surface area contributed by atoms with Gasteiger partial charge in [0.15, 0.2) is 16.6 Å². The van der Waals surface area contributed by atoms with E-state index < -0.39 is 16.6 Å². The van der Waals surface area contributed by atoms with Crippen LogP contribution in [0.5, 0.6) is 0 Å². The average molecular weight is 345 g/mol. The Morgan fingerprint density at radius 2 is 1.27 bits per heavy atom. The third kappa shape index (κ3) is 4.69. The minimum absolute atomic E-state index is 0.0769. The zero-order chi connectivity index (χ0) is 16.6. The normalized spacial score (nSPS) is 22.6. The summed E-state index contributed by atoms with van der Waals surface area (Å²) in [5.74, 6) is 0. The lowest BCUT2D eigenvalue weighted by atomic mass is 10.2. The standard InChI is InChI=1S/C17H36O3Si2/c1-7-21(8-2,9-3)19-16-13-14-18-15-17(16)20-22(10-4,11-5)12-6/h13-14,16-17H,7-12,15H2,1-6H3/t16-,17-/m1/s1. The van der Waals surface area contributed by atoms with Crippen LogP contribution in [0.15, 0.2) is 12.3 Å². The number of ether oxygens (including phenoxy) is 1. The Kier molecular flexibility index (Phi) is 8.39. The van der Waals surface area contributed by atoms with Gasteiger partial charge in [-0.25, -0.2) is 0 Å². The van der Waals surface area contributed by atoms with Crippen LogP contribution in [-0.2, 0) is 13.6 Å². The number of rotatable bonds is 10. The smallest absolute Gasteiger partial charge is 0.193 e. The van der Waals surface area contributed by atoms with Gasteiger partial charge in [-0.1, -0.05) is 41.5 Å². The molecule has 1 heterocycles. The van der Waals surface area contributed by atoms with E-state index in [0.29, 0.717) is 6.61 Å². The summed E-state index contributed by atoms with van der Waals surface area (Å²) in [6, 6.07) is 7.04. The zero-order valence-corrected chi connectivity index (χ0v) is 17.5. The lowest BCUT2D eigenvalue weighted by Gasteiger charge is -2.41. The van der Waals surface area contributed by atoms with Crippen LogP contribution >= 0.6 is 0 Å². The molecule has 0 aromatic carbocycles. The third-order valence-corrected chi connectivity index (χ3v) is 15.0. The van der Waals surface area contributed by atoms with E-state index in [1.54, 1.807) is 6.26 Å². The molecule has 0 fully saturated rings. The first-order valence-electron chi connectivity index (χ1n) is 9.18. The molecule has 0 spiro atoms. The van der Waals surface area contributed by atoms with Crippen LogP contribution in [-0.4, -0.2) is 35.4 Å². The lowest BCUT2D eigenvalue weighted by Crippen LogP contribution is -2.51. The molecule has 0 unspecified atom stereocenters. The van der Waals surface area contributed by atoms with E-state index in [0.717, 1.165) is 0 Å². The fourth-order valence-electron chi connectivity index (χ4n) is 3.33. The van der Waals surface area contributed by atoms with Crippen LogP contribution in [0.2, 0.25) is 36.3 Å². The Bertz CT molecular complexity index is 322. The highest BCUT2D eigenvalue weighted by Gasteiger charge is 2.39. The first-order valence-corrected chi connectivity index (χ1v) is 14.2. The Morgan fingerprint density at radius 3 is 1.73 bits per heavy atom. The Balaban J connectivity index is 2.87. The summed E-state index contributed by atoms with van der Waals surface area (Å²) in [5, 5.41) is 0. The average Bonchev–Trinajstić information content (AvgIpc) is 2.59. The molecule has 1 rings (SSSR count). The molecule has 0 aromatic rings. The van der Waals surface area contributed by atoms with Gasteiger partial charge in [0.2, 0.25) is 0 Å². The molecule has 5 heteroatoms. The SMILES string of the molecule is CC[Si](CC)(CC)O[C@@H]1C=COC[C@H]1O[Si](CC)(CC)CC. The molecule has 0 bridgehead atoms. The summed E-state index contributed by atoms with van der Waals surface area (Å²) in [4.78, 5) is 0. The second-order valence-corrected chi connectivity index (χ2v) is 15.8. The summed E-state index contributed by atoms with van der Waals surface area (Å²) in [6.07, 6.45) is 4.04. The third-order valence-electron chi connectivity index (χ3n) is 5.64. The van der Waals surface area contributed by atoms with Crippen LogP contribution < -0.4 is 0 Å². The molecule has 1 aliphatic rings. The Morgan fingerprint density at radius 1 is 0.818 bits per heavy atom. The summed E-state index contributed by atoms with van der Waals surface area (Å²) in [7, 11) is -3.25. The van der Waals surface area contributed by atoms with Crippen molar-refractivity contribution in [1.82, 2.24) is 0 Å². The van der Waals surface area contributed by atoms with Crippen molar-refractivity contribution in [3.05, 3.63) is 12.3 Å². The molecular weight excluding hydrogens is 308 g/mol. The topological polar surface area (TPSA) is 27.7 Å². The van der Waals surface area contributed by atoms with Crippen molar-refractivity contribution < 1.29 is 13.6 Å². The summed E-state index contributed by atoms with van der Waals surface area (Å²) < 4.78 is 18.9. The molecule has 0 saturated carbocycles. The van der Waals surface area contributed by atoms with Gasteiger partial charge in [0, 0.05) is 0 Å². The minimum Gasteiger partial charge on any atom is -0.499 e. The van der Waals surface area contributed by atoms with Gasteiger partial charge in [0.1, 0.15) is 12.7 Å². The van der Waals surface area contributed by atoms with E-state index in [2.05, 4.69) is 47.6 Å². The van der Waals surface area contributed by atoms with Crippen LogP contribution in [0.1, 0.15) is 41.5 Å². The maximum atomic E-state index is 6.69. The molecular formula is C17H36O3Si2. The van der Waals surface area contributed by atoms with Crippen LogP contribution in [0.3, 0.4) is 0 Å². The predicted molar refractivity (Wildman–Crippen MR) is 99.2 cm³/mol. The number of hydrogen-bond acceptors (Lipinski definition) is 3. The molecule has 22 heavy (non-hydrogen) atoms. The second-order valence-electron chi connectivity index (χ2n) is 6.39. The van der Waals surface area contributed by atoms with Crippen LogP contribution in [0.25, 0.3) is 0 Å². The molecule has 0 amide bonds. The fraction of sp³-hybridized carbons (Fsp3) is 0.882. The van der Waals surface area contributed by atoms with E-state index in [4.69, 9.17) is 13.6 Å². The summed E-state index contributed by atoms with van der Waals surface area (Å²) >= 11 is 0. The first kappa shape index (κ1) is 19.9. The molecule has 130 valence electrons. The van der Waals surface area contributed by atoms with Crippen molar-refractivity contribution in [1.29, 1.82) is 0 Å². The Hall–Kier alpha value is -0.106. The molecule has 1 aliphatic heterocycles. The first-order chi connectivity index (χ1) is 10.5. The lowest BCUT2D eigenvalue weighted by molar-refractivity contribution is 0.00436. The Labute approximate surface area is 139 Å². The zero-order valence-electron chi connectivity index (χ0n) is 15.5. The van der Waals surface area contributed by atoms with Gasteiger partial charge in [-0.05, 0) is 42.3 Å². The number of hydrogen-bond donors (Lipinski definition) is 0. The maximum Gasteiger partial charge on any atom is 0.193 e. The van der Waals surface area contributed by atoms with E-state index in [1.807, 2.05) is 0 Å². The van der Waals surface area contributed by atoms with Crippen molar-refractivity contribution in [3.63, 3.8) is 0 Å². The molecule has 0 aliphatic carbocycles. The van der Waals surface area contributed by atoms with Gasteiger partial charge < -0.3 is 13.6 Å². The van der Waals surface area contributed by atoms with E-state index in [9.17, 15) is 0 Å². The molecule has 0 saturated heterocycles. The molecule has 0 N–H and O–H groups in total. The second kappa shape index (κ2) is 9.25. The summed E-state index contributed by atoms with van der Waals surface area (Å²) in [6.45, 7) is 14.3. The van der Waals surface area contributed by atoms with Crippen molar-refractivity contribution in [2.45, 2.75) is 90.0 Å². The monoisotopic (exact) mass is 344 g/mol. The van der Waals surface area contributed by atoms with Gasteiger partial charge >= 0.3 is 0 Å². The molecule has 2 atom stereocenters. The van der Waals surface area contributed by atoms with E-state index in [1.165, 1.54) is 36.3 Å². The van der Waals surface area contributed by atoms with E-state index >= 15 is 0 Å². The van der Waals surface area contributed by atoms with Gasteiger partial charge in [-0.15, -0.1) is 0 Å². The van der Waals surface area contributed by atoms with Gasteiger partial charge in [-0.2, -0.15) is 0 Å². The minimum atomic E-state index is -1.63. The van der Waals surface area contributed by atoms with Crippen LogP contribution in [0, 0.1) is 0 Å². The molecule has 0 aromatic heterocycles. The van der Waals surface area contributed by atoms with Gasteiger partial charge in [0.05, 0.1) is 12.4 Å². The summed E-state index contributed by atoms with van der Waals surface area (Å²) in [5.41, 5.74) is 0. The van der Waals surface area contributed by atoms with Crippen molar-refractivity contribution in [2.24, 2.45) is 0 Å². The largest absolute Gasteiger partial charge is 0.499 e. The fourth-order valence-corrected chi connectivity index (χ4v) is 8.98. The van der Waals surface area contributed by atoms with Crippen molar-refractivity contribution in [2.75, 3.05) is 6.61 Å². The highest BCUT2D eigenvalue weighted by atomic mass is 28.4.